The lowest BCUT2D eigenvalue weighted by Crippen LogP contribution is -2.35. The summed E-state index contributed by atoms with van der Waals surface area (Å²) >= 11 is 6.15. The van der Waals surface area contributed by atoms with Crippen LogP contribution in [0.1, 0.15) is 32.3 Å². The number of rotatable bonds is 9. The molecule has 0 aliphatic heterocycles. The Kier molecular flexibility index (Phi) is 7.71. The lowest BCUT2D eigenvalue weighted by Gasteiger charge is -2.14. The third kappa shape index (κ3) is 6.42. The van der Waals surface area contributed by atoms with Crippen molar-refractivity contribution in [3.05, 3.63) is 53.1 Å². The van der Waals surface area contributed by atoms with E-state index in [-0.39, 0.29) is 34.2 Å². The highest BCUT2D eigenvalue weighted by molar-refractivity contribution is 7.92. The van der Waals surface area contributed by atoms with E-state index in [0.717, 1.165) is 18.4 Å². The Labute approximate surface area is 171 Å². The molecule has 0 bridgehead atoms. The van der Waals surface area contributed by atoms with E-state index in [1.165, 1.54) is 18.2 Å². The van der Waals surface area contributed by atoms with Crippen LogP contribution in [0.25, 0.3) is 0 Å². The first-order chi connectivity index (χ1) is 13.2. The molecule has 28 heavy (non-hydrogen) atoms. The molecule has 2 aromatic carbocycles. The summed E-state index contributed by atoms with van der Waals surface area (Å²) in [7, 11) is -3.79. The van der Waals surface area contributed by atoms with E-state index in [1.807, 2.05) is 32.9 Å². The number of carbonyl (C=O) groups excluding carboxylic acids is 1. The molecule has 2 aromatic rings. The predicted molar refractivity (Wildman–Crippen MR) is 111 cm³/mol. The van der Waals surface area contributed by atoms with Crippen LogP contribution in [0.5, 0.6) is 5.75 Å². The van der Waals surface area contributed by atoms with Gasteiger partial charge in [0.25, 0.3) is 15.9 Å². The van der Waals surface area contributed by atoms with Gasteiger partial charge in [0.15, 0.2) is 6.61 Å². The molecule has 6 nitrogen and oxygen atoms in total. The third-order valence-electron chi connectivity index (χ3n) is 4.01. The van der Waals surface area contributed by atoms with Gasteiger partial charge in [-0.2, -0.15) is 0 Å². The molecule has 1 amide bonds. The molecular formula is C20H25ClN2O4S. The molecule has 0 spiro atoms. The minimum Gasteiger partial charge on any atom is -0.482 e. The van der Waals surface area contributed by atoms with Gasteiger partial charge in [0, 0.05) is 11.7 Å². The summed E-state index contributed by atoms with van der Waals surface area (Å²) in [6.45, 7) is 5.69. The molecule has 2 N–H and O–H groups in total. The molecule has 152 valence electrons. The molecule has 2 rings (SSSR count). The van der Waals surface area contributed by atoms with Crippen molar-refractivity contribution >= 4 is 33.2 Å². The molecule has 0 fully saturated rings. The van der Waals surface area contributed by atoms with Gasteiger partial charge < -0.3 is 10.1 Å². The van der Waals surface area contributed by atoms with Crippen LogP contribution in [0.4, 0.5) is 5.69 Å². The second kappa shape index (κ2) is 9.80. The monoisotopic (exact) mass is 424 g/mol. The highest BCUT2D eigenvalue weighted by atomic mass is 35.5. The number of anilines is 1. The van der Waals surface area contributed by atoms with E-state index in [1.54, 1.807) is 12.1 Å². The van der Waals surface area contributed by atoms with Crippen LogP contribution >= 0.6 is 11.6 Å². The van der Waals surface area contributed by atoms with Crippen molar-refractivity contribution in [2.75, 3.05) is 11.3 Å². The minimum absolute atomic E-state index is 0.00597. The van der Waals surface area contributed by atoms with E-state index in [9.17, 15) is 13.2 Å². The average molecular weight is 425 g/mol. The van der Waals surface area contributed by atoms with Crippen molar-refractivity contribution in [3.8, 4) is 5.75 Å². The highest BCUT2D eigenvalue weighted by Crippen LogP contribution is 2.28. The summed E-state index contributed by atoms with van der Waals surface area (Å²) in [6, 6.07) is 11.2. The van der Waals surface area contributed by atoms with Gasteiger partial charge in [0.2, 0.25) is 0 Å². The van der Waals surface area contributed by atoms with Crippen LogP contribution in [0, 0.1) is 6.92 Å². The number of hydrogen-bond acceptors (Lipinski definition) is 4. The quantitative estimate of drug-likeness (QED) is 0.633. The van der Waals surface area contributed by atoms with Crippen LogP contribution in [-0.2, 0) is 14.8 Å². The Morgan fingerprint density at radius 3 is 2.46 bits per heavy atom. The maximum atomic E-state index is 12.5. The molecular weight excluding hydrogens is 400 g/mol. The largest absolute Gasteiger partial charge is 0.482 e. The van der Waals surface area contributed by atoms with Crippen molar-refractivity contribution in [1.82, 2.24) is 5.32 Å². The smallest absolute Gasteiger partial charge is 0.261 e. The third-order valence-corrected chi connectivity index (χ3v) is 5.68. The van der Waals surface area contributed by atoms with Gasteiger partial charge in [-0.25, -0.2) is 8.42 Å². The summed E-state index contributed by atoms with van der Waals surface area (Å²) < 4.78 is 33.0. The van der Waals surface area contributed by atoms with Gasteiger partial charge >= 0.3 is 0 Å². The Balaban J connectivity index is 2.02. The van der Waals surface area contributed by atoms with Crippen molar-refractivity contribution in [2.45, 2.75) is 44.6 Å². The van der Waals surface area contributed by atoms with Crippen molar-refractivity contribution in [2.24, 2.45) is 0 Å². The topological polar surface area (TPSA) is 84.5 Å². The summed E-state index contributed by atoms with van der Waals surface area (Å²) in [4.78, 5) is 11.9. The average Bonchev–Trinajstić information content (AvgIpc) is 2.62. The fourth-order valence-corrected chi connectivity index (χ4v) is 3.95. The standard InChI is InChI=1S/C20H25ClN2O4S/c1-4-5-15(3)22-20(24)13-27-19-11-10-17(12-18(19)21)28(25,26)23-16-8-6-14(2)7-9-16/h6-12,15,23H,4-5,13H2,1-3H3,(H,22,24)/t15-/m0/s1. The van der Waals surface area contributed by atoms with E-state index in [0.29, 0.717) is 5.69 Å². The first kappa shape index (κ1) is 22.0. The fraction of sp³-hybridized carbons (Fsp3) is 0.350. The van der Waals surface area contributed by atoms with Gasteiger partial charge in [-0.15, -0.1) is 0 Å². The summed E-state index contributed by atoms with van der Waals surface area (Å²) in [5, 5.41) is 2.94. The van der Waals surface area contributed by atoms with E-state index < -0.39 is 10.0 Å². The molecule has 0 saturated heterocycles. The van der Waals surface area contributed by atoms with Crippen LogP contribution in [0.3, 0.4) is 0 Å². The number of nitrogens with one attached hydrogen (secondary N) is 2. The number of benzene rings is 2. The van der Waals surface area contributed by atoms with Crippen LogP contribution in [0.15, 0.2) is 47.4 Å². The molecule has 0 aliphatic rings. The number of carbonyl (C=O) groups is 1. The van der Waals surface area contributed by atoms with E-state index >= 15 is 0 Å². The highest BCUT2D eigenvalue weighted by Gasteiger charge is 2.17. The Morgan fingerprint density at radius 2 is 1.86 bits per heavy atom. The molecule has 0 aromatic heterocycles. The van der Waals surface area contributed by atoms with Gasteiger partial charge in [-0.1, -0.05) is 42.6 Å². The summed E-state index contributed by atoms with van der Waals surface area (Å²) in [5.41, 5.74) is 1.49. The van der Waals surface area contributed by atoms with Crippen molar-refractivity contribution in [1.29, 1.82) is 0 Å². The Hall–Kier alpha value is -2.25. The number of aryl methyl sites for hydroxylation is 1. The summed E-state index contributed by atoms with van der Waals surface area (Å²) in [5.74, 6) is -0.0102. The van der Waals surface area contributed by atoms with Crippen LogP contribution in [-0.4, -0.2) is 27.0 Å². The Bertz CT molecular complexity index is 914. The lowest BCUT2D eigenvalue weighted by atomic mass is 10.2. The second-order valence-electron chi connectivity index (χ2n) is 6.61. The molecule has 0 heterocycles. The SMILES string of the molecule is CCC[C@H](C)NC(=O)COc1ccc(S(=O)(=O)Nc2ccc(C)cc2)cc1Cl. The normalized spacial score (nSPS) is 12.3. The Morgan fingerprint density at radius 1 is 1.18 bits per heavy atom. The van der Waals surface area contributed by atoms with Crippen LogP contribution in [0.2, 0.25) is 5.02 Å². The molecule has 0 saturated carbocycles. The molecule has 0 unspecified atom stereocenters. The first-order valence-corrected chi connectivity index (χ1v) is 10.9. The minimum atomic E-state index is -3.79. The van der Waals surface area contributed by atoms with E-state index in [2.05, 4.69) is 10.0 Å². The maximum Gasteiger partial charge on any atom is 0.261 e. The predicted octanol–water partition coefficient (Wildman–Crippen LogP) is 4.13. The van der Waals surface area contributed by atoms with Gasteiger partial charge in [-0.3, -0.25) is 9.52 Å². The second-order valence-corrected chi connectivity index (χ2v) is 8.70. The van der Waals surface area contributed by atoms with Crippen molar-refractivity contribution < 1.29 is 17.9 Å². The molecule has 1 atom stereocenters. The number of sulfonamides is 1. The maximum absolute atomic E-state index is 12.5. The van der Waals surface area contributed by atoms with Crippen LogP contribution < -0.4 is 14.8 Å². The molecule has 8 heteroatoms. The number of hydrogen-bond donors (Lipinski definition) is 2. The lowest BCUT2D eigenvalue weighted by molar-refractivity contribution is -0.123. The summed E-state index contributed by atoms with van der Waals surface area (Å²) in [6.07, 6.45) is 1.85. The zero-order chi connectivity index (χ0) is 20.7. The number of ether oxygens (including phenoxy) is 1. The van der Waals surface area contributed by atoms with Crippen molar-refractivity contribution in [3.63, 3.8) is 0 Å². The van der Waals surface area contributed by atoms with Gasteiger partial charge in [0.05, 0.1) is 9.92 Å². The molecule has 0 radical (unpaired) electrons. The zero-order valence-electron chi connectivity index (χ0n) is 16.2. The van der Waals surface area contributed by atoms with Gasteiger partial charge in [-0.05, 0) is 50.6 Å². The zero-order valence-corrected chi connectivity index (χ0v) is 17.7. The number of halogens is 1. The van der Waals surface area contributed by atoms with Gasteiger partial charge in [0.1, 0.15) is 5.75 Å². The number of amides is 1. The molecule has 0 aliphatic carbocycles. The van der Waals surface area contributed by atoms with E-state index in [4.69, 9.17) is 16.3 Å². The fourth-order valence-electron chi connectivity index (χ4n) is 2.57. The first-order valence-electron chi connectivity index (χ1n) is 9.02.